The van der Waals surface area contributed by atoms with Gasteiger partial charge in [-0.2, -0.15) is 0 Å². The van der Waals surface area contributed by atoms with Gasteiger partial charge in [0.1, 0.15) is 5.82 Å². The molecule has 4 rings (SSSR count). The van der Waals surface area contributed by atoms with Crippen LogP contribution in [0.2, 0.25) is 0 Å². The van der Waals surface area contributed by atoms with E-state index in [2.05, 4.69) is 35.9 Å². The number of hydrogen-bond acceptors (Lipinski definition) is 1. The number of allylic oxidation sites excluding steroid dienone is 1. The maximum absolute atomic E-state index is 14.9. The summed E-state index contributed by atoms with van der Waals surface area (Å²) in [6.45, 7) is 2.17. The lowest BCUT2D eigenvalue weighted by atomic mass is 9.86. The summed E-state index contributed by atoms with van der Waals surface area (Å²) >= 11 is 0. The third-order valence-corrected chi connectivity index (χ3v) is 6.14. The van der Waals surface area contributed by atoms with Crippen LogP contribution >= 0.6 is 0 Å². The number of aryl methyl sites for hydroxylation is 2. The Bertz CT molecular complexity index is 1220. The van der Waals surface area contributed by atoms with Gasteiger partial charge in [0.25, 0.3) is 0 Å². The number of hydrogen-bond donors (Lipinski definition) is 0. The summed E-state index contributed by atoms with van der Waals surface area (Å²) in [6.07, 6.45) is 2.50. The number of alkyl halides is 3. The molecule has 0 aliphatic heterocycles. The highest BCUT2D eigenvalue weighted by Crippen LogP contribution is 2.37. The van der Waals surface area contributed by atoms with E-state index >= 15 is 0 Å². The maximum Gasteiger partial charge on any atom is 0.573 e. The van der Waals surface area contributed by atoms with Crippen LogP contribution in [-0.2, 0) is 12.8 Å². The minimum absolute atomic E-state index is 0.0895. The zero-order chi connectivity index (χ0) is 25.2. The Morgan fingerprint density at radius 3 is 2.11 bits per heavy atom. The van der Waals surface area contributed by atoms with Crippen LogP contribution in [0.1, 0.15) is 54.9 Å². The molecule has 3 aromatic carbocycles. The Balaban J connectivity index is 1.59. The number of unbranched alkanes of at least 4 members (excludes halogenated alkanes) is 2. The predicted octanol–water partition coefficient (Wildman–Crippen LogP) is 8.89. The van der Waals surface area contributed by atoms with Crippen molar-refractivity contribution in [2.45, 2.75) is 51.8 Å². The fraction of sp³-hybridized carbons (Fsp3) is 0.286. The molecule has 7 heteroatoms. The Labute approximate surface area is 200 Å². The molecule has 35 heavy (non-hydrogen) atoms. The van der Waals surface area contributed by atoms with E-state index in [1.165, 1.54) is 30.5 Å². The standard InChI is InChI=1S/C28H24F6O/c1-2-3-4-5-17-6-8-18(9-7-17)19-10-11-20-13-23(24(29)14-21(20)12-19)22-15-25(30)27(26(31)16-22)35-28(32,33)34/h6-9,12-16H,2-5,10-11H2,1H3. The van der Waals surface area contributed by atoms with E-state index in [-0.39, 0.29) is 11.1 Å². The van der Waals surface area contributed by atoms with Crippen molar-refractivity contribution < 1.29 is 31.1 Å². The molecule has 0 heterocycles. The fourth-order valence-electron chi connectivity index (χ4n) is 4.36. The number of halogens is 6. The van der Waals surface area contributed by atoms with Crippen molar-refractivity contribution in [1.82, 2.24) is 0 Å². The monoisotopic (exact) mass is 490 g/mol. The molecule has 0 fully saturated rings. The van der Waals surface area contributed by atoms with Crippen LogP contribution in [0.4, 0.5) is 26.3 Å². The topological polar surface area (TPSA) is 9.23 Å². The van der Waals surface area contributed by atoms with Gasteiger partial charge in [0.05, 0.1) is 0 Å². The smallest absolute Gasteiger partial charge is 0.399 e. The highest BCUT2D eigenvalue weighted by atomic mass is 19.4. The van der Waals surface area contributed by atoms with Gasteiger partial charge in [-0.3, -0.25) is 0 Å². The molecule has 0 aromatic heterocycles. The van der Waals surface area contributed by atoms with Crippen LogP contribution in [0.25, 0.3) is 22.8 Å². The summed E-state index contributed by atoms with van der Waals surface area (Å²) in [5, 5.41) is 0. The summed E-state index contributed by atoms with van der Waals surface area (Å²) in [5.41, 5.74) is 4.56. The Kier molecular flexibility index (Phi) is 7.24. The fourth-order valence-corrected chi connectivity index (χ4v) is 4.36. The third kappa shape index (κ3) is 5.89. The molecule has 0 amide bonds. The van der Waals surface area contributed by atoms with Crippen LogP contribution in [0.15, 0.2) is 48.5 Å². The second-order valence-corrected chi connectivity index (χ2v) is 8.67. The zero-order valence-electron chi connectivity index (χ0n) is 19.1. The van der Waals surface area contributed by atoms with E-state index in [9.17, 15) is 26.3 Å². The van der Waals surface area contributed by atoms with Gasteiger partial charge in [-0.25, -0.2) is 13.2 Å². The maximum atomic E-state index is 14.9. The van der Waals surface area contributed by atoms with Gasteiger partial charge in [0, 0.05) is 5.56 Å². The zero-order valence-corrected chi connectivity index (χ0v) is 19.1. The number of ether oxygens (including phenoxy) is 1. The van der Waals surface area contributed by atoms with Gasteiger partial charge in [-0.05, 0) is 83.3 Å². The average Bonchev–Trinajstić information content (AvgIpc) is 2.80. The molecule has 0 N–H and O–H groups in total. The van der Waals surface area contributed by atoms with Crippen molar-refractivity contribution in [2.24, 2.45) is 0 Å². The number of rotatable bonds is 7. The lowest BCUT2D eigenvalue weighted by Crippen LogP contribution is -2.19. The second-order valence-electron chi connectivity index (χ2n) is 8.67. The van der Waals surface area contributed by atoms with Gasteiger partial charge < -0.3 is 4.74 Å². The van der Waals surface area contributed by atoms with Crippen molar-refractivity contribution >= 4 is 11.6 Å². The first kappa shape index (κ1) is 24.9. The first-order chi connectivity index (χ1) is 16.6. The first-order valence-electron chi connectivity index (χ1n) is 11.5. The van der Waals surface area contributed by atoms with Gasteiger partial charge in [0.15, 0.2) is 11.6 Å². The number of benzene rings is 3. The summed E-state index contributed by atoms with van der Waals surface area (Å²) in [4.78, 5) is 0. The van der Waals surface area contributed by atoms with Crippen molar-refractivity contribution in [3.8, 4) is 16.9 Å². The van der Waals surface area contributed by atoms with Crippen molar-refractivity contribution in [2.75, 3.05) is 0 Å². The van der Waals surface area contributed by atoms with Gasteiger partial charge in [0.2, 0.25) is 5.75 Å². The Morgan fingerprint density at radius 1 is 0.800 bits per heavy atom. The highest BCUT2D eigenvalue weighted by molar-refractivity contribution is 5.85. The molecular formula is C28H24F6O. The van der Waals surface area contributed by atoms with E-state index in [0.29, 0.717) is 30.5 Å². The lowest BCUT2D eigenvalue weighted by molar-refractivity contribution is -0.276. The molecule has 1 nitrogen and oxygen atoms in total. The Morgan fingerprint density at radius 2 is 1.49 bits per heavy atom. The molecule has 1 aliphatic carbocycles. The normalized spacial score (nSPS) is 13.4. The average molecular weight is 490 g/mol. The third-order valence-electron chi connectivity index (χ3n) is 6.14. The van der Waals surface area contributed by atoms with E-state index in [1.807, 2.05) is 6.08 Å². The summed E-state index contributed by atoms with van der Waals surface area (Å²) in [5.74, 6) is -5.41. The molecule has 0 bridgehead atoms. The summed E-state index contributed by atoms with van der Waals surface area (Å²) in [7, 11) is 0. The minimum atomic E-state index is -5.25. The van der Waals surface area contributed by atoms with Crippen LogP contribution in [0, 0.1) is 17.5 Å². The molecule has 0 saturated heterocycles. The molecule has 0 atom stereocenters. The van der Waals surface area contributed by atoms with Gasteiger partial charge in [-0.15, -0.1) is 13.2 Å². The van der Waals surface area contributed by atoms with E-state index in [1.54, 1.807) is 0 Å². The quantitative estimate of drug-likeness (QED) is 0.237. The highest BCUT2D eigenvalue weighted by Gasteiger charge is 2.34. The molecule has 0 saturated carbocycles. The van der Waals surface area contributed by atoms with Crippen LogP contribution in [0.3, 0.4) is 0 Å². The van der Waals surface area contributed by atoms with Crippen LogP contribution in [0.5, 0.6) is 5.75 Å². The molecule has 0 radical (unpaired) electrons. The Hall–Kier alpha value is -3.22. The molecule has 0 unspecified atom stereocenters. The lowest BCUT2D eigenvalue weighted by Gasteiger charge is -2.19. The first-order valence-corrected chi connectivity index (χ1v) is 11.5. The molecule has 184 valence electrons. The second kappa shape index (κ2) is 10.2. The van der Waals surface area contributed by atoms with Crippen LogP contribution < -0.4 is 4.74 Å². The van der Waals surface area contributed by atoms with Crippen molar-refractivity contribution in [1.29, 1.82) is 0 Å². The van der Waals surface area contributed by atoms with Gasteiger partial charge in [-0.1, -0.05) is 50.1 Å². The number of fused-ring (bicyclic) bond motifs is 1. The molecular weight excluding hydrogens is 466 g/mol. The minimum Gasteiger partial charge on any atom is -0.399 e. The van der Waals surface area contributed by atoms with E-state index in [0.717, 1.165) is 29.5 Å². The molecule has 1 aliphatic rings. The molecule has 3 aromatic rings. The van der Waals surface area contributed by atoms with Crippen molar-refractivity contribution in [3.63, 3.8) is 0 Å². The van der Waals surface area contributed by atoms with Gasteiger partial charge >= 0.3 is 6.36 Å². The van der Waals surface area contributed by atoms with E-state index < -0.39 is 29.6 Å². The largest absolute Gasteiger partial charge is 0.573 e. The predicted molar refractivity (Wildman–Crippen MR) is 124 cm³/mol. The SMILES string of the molecule is CCCCCc1ccc(C2=Cc3cc(F)c(-c4cc(F)c(OC(F)(F)F)c(F)c4)cc3CC2)cc1. The molecule has 0 spiro atoms. The summed E-state index contributed by atoms with van der Waals surface area (Å²) in [6, 6.07) is 12.4. The van der Waals surface area contributed by atoms with Crippen LogP contribution in [-0.4, -0.2) is 6.36 Å². The summed E-state index contributed by atoms with van der Waals surface area (Å²) < 4.78 is 83.8. The van der Waals surface area contributed by atoms with Crippen molar-refractivity contribution in [3.05, 3.63) is 88.2 Å². The van der Waals surface area contributed by atoms with E-state index in [4.69, 9.17) is 0 Å².